The van der Waals surface area contributed by atoms with Crippen LogP contribution in [0, 0.1) is 0 Å². The molecular formula is C10H11BrN2. The molecule has 68 valence electrons. The molecule has 0 atom stereocenters. The van der Waals surface area contributed by atoms with Crippen LogP contribution in [-0.4, -0.2) is 18.9 Å². The first kappa shape index (κ1) is 8.75. The van der Waals surface area contributed by atoms with E-state index in [0.29, 0.717) is 0 Å². The fraction of sp³-hybridized carbons (Fsp3) is 0.300. The molecule has 2 rings (SSSR count). The average molecular weight is 239 g/mol. The summed E-state index contributed by atoms with van der Waals surface area (Å²) in [6.07, 6.45) is 0.904. The normalized spacial score (nSPS) is 15.3. The van der Waals surface area contributed by atoms with Gasteiger partial charge in [-0.2, -0.15) is 0 Å². The van der Waals surface area contributed by atoms with Crippen molar-refractivity contribution >= 4 is 21.8 Å². The molecule has 2 nitrogen and oxygen atoms in total. The number of aliphatic imine (C=N–C) groups is 1. The Balaban J connectivity index is 2.13. The van der Waals surface area contributed by atoms with Crippen molar-refractivity contribution in [3.05, 3.63) is 34.3 Å². The van der Waals surface area contributed by atoms with E-state index in [1.54, 1.807) is 0 Å². The van der Waals surface area contributed by atoms with Crippen LogP contribution in [0.3, 0.4) is 0 Å². The Bertz CT molecular complexity index is 333. The Hall–Kier alpha value is -0.830. The molecule has 0 saturated carbocycles. The quantitative estimate of drug-likeness (QED) is 0.838. The highest BCUT2D eigenvalue weighted by atomic mass is 79.9. The van der Waals surface area contributed by atoms with Crippen LogP contribution in [0.15, 0.2) is 33.7 Å². The molecule has 1 heterocycles. The third kappa shape index (κ3) is 2.10. The zero-order chi connectivity index (χ0) is 9.10. The van der Waals surface area contributed by atoms with Crippen molar-refractivity contribution in [3.63, 3.8) is 0 Å². The lowest BCUT2D eigenvalue weighted by atomic mass is 10.1. The van der Waals surface area contributed by atoms with E-state index in [2.05, 4.69) is 44.4 Å². The number of halogens is 1. The molecule has 3 heteroatoms. The summed E-state index contributed by atoms with van der Waals surface area (Å²) in [5, 5.41) is 3.26. The van der Waals surface area contributed by atoms with Crippen molar-refractivity contribution in [1.29, 1.82) is 0 Å². The van der Waals surface area contributed by atoms with Gasteiger partial charge in [0.15, 0.2) is 0 Å². The van der Waals surface area contributed by atoms with Crippen LogP contribution in [0.1, 0.15) is 5.56 Å². The minimum Gasteiger partial charge on any atom is -0.372 e. The number of hydrogen-bond acceptors (Lipinski definition) is 2. The summed E-state index contributed by atoms with van der Waals surface area (Å²) in [6, 6.07) is 8.25. The van der Waals surface area contributed by atoms with Crippen LogP contribution in [-0.2, 0) is 6.42 Å². The number of benzene rings is 1. The number of amidine groups is 1. The van der Waals surface area contributed by atoms with E-state index in [4.69, 9.17) is 0 Å². The van der Waals surface area contributed by atoms with Gasteiger partial charge in [0.05, 0.1) is 6.54 Å². The Morgan fingerprint density at radius 2 is 2.23 bits per heavy atom. The van der Waals surface area contributed by atoms with Gasteiger partial charge >= 0.3 is 0 Å². The molecule has 0 aromatic heterocycles. The van der Waals surface area contributed by atoms with Gasteiger partial charge in [-0.1, -0.05) is 34.1 Å². The van der Waals surface area contributed by atoms with Gasteiger partial charge < -0.3 is 5.32 Å². The standard InChI is InChI=1S/C10H11BrN2/c11-9-4-2-1-3-8(9)7-10-12-5-6-13-10/h1-4H,5-7H2,(H,12,13). The molecule has 0 spiro atoms. The topological polar surface area (TPSA) is 24.4 Å². The molecule has 13 heavy (non-hydrogen) atoms. The van der Waals surface area contributed by atoms with Crippen molar-refractivity contribution in [2.45, 2.75) is 6.42 Å². The minimum atomic E-state index is 0.904. The monoisotopic (exact) mass is 238 g/mol. The summed E-state index contributed by atoms with van der Waals surface area (Å²) in [5.74, 6) is 1.10. The van der Waals surface area contributed by atoms with E-state index >= 15 is 0 Å². The minimum absolute atomic E-state index is 0.904. The highest BCUT2D eigenvalue weighted by Gasteiger charge is 2.07. The molecule has 1 aliphatic heterocycles. The number of hydrogen-bond donors (Lipinski definition) is 1. The first-order valence-corrected chi connectivity index (χ1v) is 5.16. The van der Waals surface area contributed by atoms with Gasteiger partial charge in [-0.3, -0.25) is 4.99 Å². The molecule has 1 aliphatic rings. The molecule has 0 radical (unpaired) electrons. The van der Waals surface area contributed by atoms with Gasteiger partial charge in [-0.25, -0.2) is 0 Å². The second-order valence-electron chi connectivity index (χ2n) is 3.02. The second kappa shape index (κ2) is 3.92. The van der Waals surface area contributed by atoms with Crippen molar-refractivity contribution in [1.82, 2.24) is 5.32 Å². The molecule has 1 aromatic rings. The summed E-state index contributed by atoms with van der Waals surface area (Å²) in [6.45, 7) is 1.90. The fourth-order valence-electron chi connectivity index (χ4n) is 1.39. The van der Waals surface area contributed by atoms with Crippen molar-refractivity contribution in [3.8, 4) is 0 Å². The first-order valence-electron chi connectivity index (χ1n) is 4.37. The number of nitrogens with zero attached hydrogens (tertiary/aromatic N) is 1. The van der Waals surface area contributed by atoms with E-state index in [1.807, 2.05) is 6.07 Å². The van der Waals surface area contributed by atoms with Gasteiger partial charge in [-0.05, 0) is 11.6 Å². The highest BCUT2D eigenvalue weighted by molar-refractivity contribution is 9.10. The van der Waals surface area contributed by atoms with E-state index in [-0.39, 0.29) is 0 Å². The maximum absolute atomic E-state index is 4.36. The van der Waals surface area contributed by atoms with E-state index in [0.717, 1.165) is 29.8 Å². The van der Waals surface area contributed by atoms with Gasteiger partial charge in [0.1, 0.15) is 5.84 Å². The second-order valence-corrected chi connectivity index (χ2v) is 3.88. The lowest BCUT2D eigenvalue weighted by Crippen LogP contribution is -2.20. The van der Waals surface area contributed by atoms with E-state index < -0.39 is 0 Å². The van der Waals surface area contributed by atoms with Gasteiger partial charge in [0.2, 0.25) is 0 Å². The van der Waals surface area contributed by atoms with Crippen LogP contribution in [0.5, 0.6) is 0 Å². The molecule has 0 unspecified atom stereocenters. The molecule has 0 saturated heterocycles. The fourth-order valence-corrected chi connectivity index (χ4v) is 1.81. The summed E-state index contributed by atoms with van der Waals surface area (Å²) >= 11 is 3.52. The third-order valence-electron chi connectivity index (χ3n) is 2.06. The Morgan fingerprint density at radius 3 is 2.92 bits per heavy atom. The van der Waals surface area contributed by atoms with Crippen LogP contribution in [0.2, 0.25) is 0 Å². The first-order chi connectivity index (χ1) is 6.36. The molecule has 0 fully saturated rings. The molecular weight excluding hydrogens is 228 g/mol. The molecule has 1 N–H and O–H groups in total. The molecule has 0 aliphatic carbocycles. The smallest absolute Gasteiger partial charge is 0.101 e. The van der Waals surface area contributed by atoms with E-state index in [1.165, 1.54) is 5.56 Å². The Morgan fingerprint density at radius 1 is 1.38 bits per heavy atom. The van der Waals surface area contributed by atoms with Gasteiger partial charge in [0.25, 0.3) is 0 Å². The van der Waals surface area contributed by atoms with Crippen LogP contribution >= 0.6 is 15.9 Å². The van der Waals surface area contributed by atoms with E-state index in [9.17, 15) is 0 Å². The SMILES string of the molecule is Brc1ccccc1CC1=NCCN1. The largest absolute Gasteiger partial charge is 0.372 e. The average Bonchev–Trinajstić information content (AvgIpc) is 2.61. The predicted molar refractivity (Wildman–Crippen MR) is 58.2 cm³/mol. The molecule has 0 bridgehead atoms. The third-order valence-corrected chi connectivity index (χ3v) is 2.83. The maximum atomic E-state index is 4.36. The predicted octanol–water partition coefficient (Wildman–Crippen LogP) is 1.99. The summed E-state index contributed by atoms with van der Waals surface area (Å²) in [5.41, 5.74) is 1.29. The zero-order valence-corrected chi connectivity index (χ0v) is 8.84. The van der Waals surface area contributed by atoms with Crippen LogP contribution < -0.4 is 5.32 Å². The van der Waals surface area contributed by atoms with Crippen LogP contribution in [0.25, 0.3) is 0 Å². The lowest BCUT2D eigenvalue weighted by molar-refractivity contribution is 0.953. The maximum Gasteiger partial charge on any atom is 0.101 e. The Labute approximate surface area is 86.2 Å². The highest BCUT2D eigenvalue weighted by Crippen LogP contribution is 2.16. The van der Waals surface area contributed by atoms with Crippen molar-refractivity contribution < 1.29 is 0 Å². The van der Waals surface area contributed by atoms with Gasteiger partial charge in [0, 0.05) is 17.4 Å². The Kier molecular flexibility index (Phi) is 2.64. The summed E-state index contributed by atoms with van der Waals surface area (Å²) in [4.78, 5) is 4.36. The number of rotatable bonds is 2. The molecule has 1 aromatic carbocycles. The molecule has 0 amide bonds. The zero-order valence-electron chi connectivity index (χ0n) is 7.26. The lowest BCUT2D eigenvalue weighted by Gasteiger charge is -2.04. The van der Waals surface area contributed by atoms with Crippen molar-refractivity contribution in [2.24, 2.45) is 4.99 Å². The van der Waals surface area contributed by atoms with Gasteiger partial charge in [-0.15, -0.1) is 0 Å². The van der Waals surface area contributed by atoms with Crippen molar-refractivity contribution in [2.75, 3.05) is 13.1 Å². The summed E-state index contributed by atoms with van der Waals surface area (Å²) in [7, 11) is 0. The number of nitrogens with one attached hydrogen (secondary N) is 1. The van der Waals surface area contributed by atoms with Crippen LogP contribution in [0.4, 0.5) is 0 Å². The summed E-state index contributed by atoms with van der Waals surface area (Å²) < 4.78 is 1.16.